The number of nitrogens with one attached hydrogen (secondary N) is 2. The molecule has 1 fully saturated rings. The topological polar surface area (TPSA) is 137 Å². The Kier molecular flexibility index (Phi) is 9.01. The summed E-state index contributed by atoms with van der Waals surface area (Å²) >= 11 is 0. The summed E-state index contributed by atoms with van der Waals surface area (Å²) in [5.41, 5.74) is 11.2. The molecular formula is C21H30N4O4. The lowest BCUT2D eigenvalue weighted by Crippen LogP contribution is -2.48. The normalized spacial score (nSPS) is 16.3. The molecule has 158 valence electrons. The van der Waals surface area contributed by atoms with Crippen molar-refractivity contribution in [3.05, 3.63) is 47.8 Å². The fourth-order valence-corrected chi connectivity index (χ4v) is 3.48. The fraction of sp³-hybridized carbons (Fsp3) is 0.476. The lowest BCUT2D eigenvalue weighted by molar-refractivity contribution is -0.124. The smallest absolute Gasteiger partial charge is 0.408 e. The first-order valence-corrected chi connectivity index (χ1v) is 9.99. The number of hydrogen-bond acceptors (Lipinski definition) is 5. The van der Waals surface area contributed by atoms with E-state index in [9.17, 15) is 14.4 Å². The molecule has 0 heterocycles. The van der Waals surface area contributed by atoms with Crippen LogP contribution in [-0.4, -0.2) is 23.9 Å². The number of ether oxygens (including phenoxy) is 1. The monoisotopic (exact) mass is 402 g/mol. The molecule has 1 aliphatic rings. The molecule has 3 amide bonds. The van der Waals surface area contributed by atoms with Gasteiger partial charge in [0.15, 0.2) is 0 Å². The van der Waals surface area contributed by atoms with Crippen molar-refractivity contribution in [3.63, 3.8) is 0 Å². The number of hydrogen-bond donors (Lipinski definition) is 4. The first-order chi connectivity index (χ1) is 14.0. The third kappa shape index (κ3) is 7.85. The number of rotatable bonds is 8. The summed E-state index contributed by atoms with van der Waals surface area (Å²) < 4.78 is 5.24. The van der Waals surface area contributed by atoms with Crippen LogP contribution in [0.5, 0.6) is 0 Å². The maximum absolute atomic E-state index is 12.7. The summed E-state index contributed by atoms with van der Waals surface area (Å²) in [5, 5.41) is 5.03. The van der Waals surface area contributed by atoms with E-state index in [0.29, 0.717) is 12.3 Å². The zero-order chi connectivity index (χ0) is 21.1. The van der Waals surface area contributed by atoms with Gasteiger partial charge in [-0.1, -0.05) is 68.9 Å². The van der Waals surface area contributed by atoms with Crippen molar-refractivity contribution in [2.75, 3.05) is 0 Å². The Morgan fingerprint density at radius 3 is 2.34 bits per heavy atom. The molecule has 0 bridgehead atoms. The van der Waals surface area contributed by atoms with E-state index in [4.69, 9.17) is 16.2 Å². The second-order valence-electron chi connectivity index (χ2n) is 7.29. The number of primary amides is 1. The summed E-state index contributed by atoms with van der Waals surface area (Å²) in [5.74, 6) is -1.08. The van der Waals surface area contributed by atoms with Crippen LogP contribution in [0.25, 0.3) is 0 Å². The summed E-state index contributed by atoms with van der Waals surface area (Å²) in [6, 6.07) is 8.41. The molecule has 0 radical (unpaired) electrons. The standard InChI is InChI=1S/C21H30N4O4/c22-13-18(19(23)26)24-20(27)17(12-15-8-4-1-2-5-9-15)25-21(28)29-14-16-10-6-3-7-11-16/h3,6-7,10-11,13,15,17H,1-2,4-5,8-9,12,14,22H2,(H2,23,26)(H,24,27)(H,25,28)/b18-13+/t17-/m0/s1. The molecule has 29 heavy (non-hydrogen) atoms. The van der Waals surface area contributed by atoms with Crippen LogP contribution in [0.1, 0.15) is 50.5 Å². The van der Waals surface area contributed by atoms with E-state index in [1.54, 1.807) is 0 Å². The molecule has 0 unspecified atom stereocenters. The number of alkyl carbamates (subject to hydrolysis) is 1. The highest BCUT2D eigenvalue weighted by atomic mass is 16.5. The number of nitrogens with two attached hydrogens (primary N) is 2. The lowest BCUT2D eigenvalue weighted by Gasteiger charge is -2.23. The maximum Gasteiger partial charge on any atom is 0.408 e. The van der Waals surface area contributed by atoms with Crippen LogP contribution in [0, 0.1) is 5.92 Å². The van der Waals surface area contributed by atoms with Crippen molar-refractivity contribution in [1.29, 1.82) is 0 Å². The Morgan fingerprint density at radius 2 is 1.76 bits per heavy atom. The molecule has 6 N–H and O–H groups in total. The third-order valence-electron chi connectivity index (χ3n) is 5.06. The van der Waals surface area contributed by atoms with Gasteiger partial charge in [-0.15, -0.1) is 0 Å². The predicted molar refractivity (Wildman–Crippen MR) is 109 cm³/mol. The van der Waals surface area contributed by atoms with Gasteiger partial charge in [-0.05, 0) is 17.9 Å². The average molecular weight is 402 g/mol. The number of carbonyl (C=O) groups is 3. The van der Waals surface area contributed by atoms with Crippen molar-refractivity contribution in [3.8, 4) is 0 Å². The van der Waals surface area contributed by atoms with Gasteiger partial charge in [0, 0.05) is 6.20 Å². The van der Waals surface area contributed by atoms with Crippen LogP contribution in [-0.2, 0) is 20.9 Å². The highest BCUT2D eigenvalue weighted by Gasteiger charge is 2.27. The van der Waals surface area contributed by atoms with Crippen molar-refractivity contribution in [2.24, 2.45) is 17.4 Å². The van der Waals surface area contributed by atoms with E-state index in [-0.39, 0.29) is 12.3 Å². The molecule has 2 rings (SSSR count). The van der Waals surface area contributed by atoms with E-state index in [2.05, 4.69) is 10.6 Å². The summed E-state index contributed by atoms with van der Waals surface area (Å²) in [7, 11) is 0. The van der Waals surface area contributed by atoms with E-state index < -0.39 is 23.9 Å². The minimum atomic E-state index is -0.851. The predicted octanol–water partition coefficient (Wildman–Crippen LogP) is 2.04. The lowest BCUT2D eigenvalue weighted by atomic mass is 9.92. The van der Waals surface area contributed by atoms with Crippen LogP contribution >= 0.6 is 0 Å². The fourth-order valence-electron chi connectivity index (χ4n) is 3.48. The third-order valence-corrected chi connectivity index (χ3v) is 5.06. The zero-order valence-corrected chi connectivity index (χ0v) is 16.6. The van der Waals surface area contributed by atoms with Crippen molar-refractivity contribution < 1.29 is 19.1 Å². The van der Waals surface area contributed by atoms with E-state index in [1.807, 2.05) is 30.3 Å². The molecule has 0 aliphatic heterocycles. The maximum atomic E-state index is 12.7. The first kappa shape index (κ1) is 22.3. The quantitative estimate of drug-likeness (QED) is 0.390. The van der Waals surface area contributed by atoms with Gasteiger partial charge in [-0.25, -0.2) is 4.79 Å². The van der Waals surface area contributed by atoms with Crippen LogP contribution < -0.4 is 22.1 Å². The summed E-state index contributed by atoms with van der Waals surface area (Å²) in [6.45, 7) is 0.0969. The largest absolute Gasteiger partial charge is 0.445 e. The van der Waals surface area contributed by atoms with E-state index in [1.165, 1.54) is 12.8 Å². The SMILES string of the molecule is N/C=C(/NC(=O)[C@H](CC1CCCCCC1)NC(=O)OCc1ccccc1)C(N)=O. The molecule has 1 aliphatic carbocycles. The first-order valence-electron chi connectivity index (χ1n) is 9.99. The number of amides is 3. The molecule has 0 aromatic heterocycles. The Bertz CT molecular complexity index is 713. The highest BCUT2D eigenvalue weighted by molar-refractivity contribution is 5.98. The second-order valence-corrected chi connectivity index (χ2v) is 7.29. The minimum Gasteiger partial charge on any atom is -0.445 e. The Labute approximate surface area is 171 Å². The van der Waals surface area contributed by atoms with Crippen LogP contribution in [0.2, 0.25) is 0 Å². The highest BCUT2D eigenvalue weighted by Crippen LogP contribution is 2.26. The molecule has 1 aromatic rings. The van der Waals surface area contributed by atoms with Gasteiger partial charge in [0.25, 0.3) is 5.91 Å². The van der Waals surface area contributed by atoms with Gasteiger partial charge in [-0.2, -0.15) is 0 Å². The van der Waals surface area contributed by atoms with Crippen molar-refractivity contribution >= 4 is 17.9 Å². The Balaban J connectivity index is 2.00. The van der Waals surface area contributed by atoms with E-state index >= 15 is 0 Å². The zero-order valence-electron chi connectivity index (χ0n) is 16.6. The molecule has 1 atom stereocenters. The van der Waals surface area contributed by atoms with Gasteiger partial charge in [0.2, 0.25) is 5.91 Å². The molecule has 1 aromatic carbocycles. The molecule has 8 nitrogen and oxygen atoms in total. The Morgan fingerprint density at radius 1 is 1.10 bits per heavy atom. The van der Waals surface area contributed by atoms with E-state index in [0.717, 1.165) is 37.4 Å². The second kappa shape index (κ2) is 11.7. The van der Waals surface area contributed by atoms with Gasteiger partial charge in [0.05, 0.1) is 0 Å². The molecule has 0 spiro atoms. The summed E-state index contributed by atoms with van der Waals surface area (Å²) in [6.07, 6.45) is 7.28. The van der Waals surface area contributed by atoms with Gasteiger partial charge in [-0.3, -0.25) is 9.59 Å². The van der Waals surface area contributed by atoms with Crippen LogP contribution in [0.3, 0.4) is 0 Å². The van der Waals surface area contributed by atoms with Crippen LogP contribution in [0.4, 0.5) is 4.79 Å². The van der Waals surface area contributed by atoms with Crippen LogP contribution in [0.15, 0.2) is 42.2 Å². The van der Waals surface area contributed by atoms with Gasteiger partial charge in [0.1, 0.15) is 18.3 Å². The molecular weight excluding hydrogens is 372 g/mol. The Hall–Kier alpha value is -3.03. The van der Waals surface area contributed by atoms with Crippen molar-refractivity contribution in [2.45, 2.75) is 57.6 Å². The molecule has 1 saturated carbocycles. The minimum absolute atomic E-state index is 0.0969. The van der Waals surface area contributed by atoms with Gasteiger partial charge < -0.3 is 26.8 Å². The average Bonchev–Trinajstić information content (AvgIpc) is 2.99. The summed E-state index contributed by atoms with van der Waals surface area (Å²) in [4.78, 5) is 36.3. The number of benzene rings is 1. The molecule has 8 heteroatoms. The number of carbonyl (C=O) groups excluding carboxylic acids is 3. The van der Waals surface area contributed by atoms with Gasteiger partial charge >= 0.3 is 6.09 Å². The molecule has 0 saturated heterocycles. The van der Waals surface area contributed by atoms with Crippen molar-refractivity contribution in [1.82, 2.24) is 10.6 Å².